The molecule has 1 aromatic rings. The van der Waals surface area contributed by atoms with E-state index in [1.54, 1.807) is 6.92 Å². The van der Waals surface area contributed by atoms with Crippen LogP contribution in [-0.4, -0.2) is 39.9 Å². The van der Waals surface area contributed by atoms with Crippen LogP contribution in [0, 0.1) is 0 Å². The van der Waals surface area contributed by atoms with Gasteiger partial charge in [-0.15, -0.1) is 11.8 Å². The molecule has 1 N–H and O–H groups in total. The Labute approximate surface area is 204 Å². The number of carboxylic acid groups (broad SMARTS) is 1. The Kier molecular flexibility index (Phi) is 6.90. The van der Waals surface area contributed by atoms with Crippen LogP contribution in [0.2, 0.25) is 0 Å². The van der Waals surface area contributed by atoms with E-state index < -0.39 is 22.8 Å². The van der Waals surface area contributed by atoms with Crippen molar-refractivity contribution in [2.24, 2.45) is 0 Å². The molecule has 6 nitrogen and oxygen atoms in total. The summed E-state index contributed by atoms with van der Waals surface area (Å²) in [5.41, 5.74) is 0.859. The van der Waals surface area contributed by atoms with Crippen LogP contribution in [0.25, 0.3) is 0 Å². The molecule has 1 aromatic carbocycles. The fourth-order valence-electron chi connectivity index (χ4n) is 4.45. The maximum atomic E-state index is 13.3. The van der Waals surface area contributed by atoms with Crippen molar-refractivity contribution in [1.29, 1.82) is 0 Å². The zero-order chi connectivity index (χ0) is 20.1. The van der Waals surface area contributed by atoms with E-state index in [9.17, 15) is 19.5 Å². The first kappa shape index (κ1) is 22.9. The number of halogens is 1. The van der Waals surface area contributed by atoms with Gasteiger partial charge in [-0.1, -0.05) is 40.9 Å². The van der Waals surface area contributed by atoms with Crippen LogP contribution in [0.5, 0.6) is 0 Å². The van der Waals surface area contributed by atoms with Gasteiger partial charge in [-0.05, 0) is 43.0 Å². The summed E-state index contributed by atoms with van der Waals surface area (Å²) in [7, 11) is 0. The van der Waals surface area contributed by atoms with Gasteiger partial charge in [-0.3, -0.25) is 14.5 Å². The van der Waals surface area contributed by atoms with Crippen LogP contribution in [0.15, 0.2) is 40.0 Å². The van der Waals surface area contributed by atoms with Crippen LogP contribution in [0.1, 0.15) is 38.2 Å². The molecule has 0 bridgehead atoms. The Hall–Kier alpha value is -0.800. The van der Waals surface area contributed by atoms with Gasteiger partial charge in [0, 0.05) is 10.2 Å². The monoisotopic (exact) mass is 486 g/mol. The van der Waals surface area contributed by atoms with Crippen molar-refractivity contribution in [3.8, 4) is 0 Å². The van der Waals surface area contributed by atoms with Crippen molar-refractivity contribution in [2.75, 3.05) is 5.75 Å². The van der Waals surface area contributed by atoms with E-state index in [0.29, 0.717) is 11.3 Å². The second-order valence-electron chi connectivity index (χ2n) is 7.58. The summed E-state index contributed by atoms with van der Waals surface area (Å²) < 4.78 is 0.914. The van der Waals surface area contributed by atoms with Crippen molar-refractivity contribution in [1.82, 2.24) is 10.2 Å². The summed E-state index contributed by atoms with van der Waals surface area (Å²) in [6, 6.07) is 7.06. The first-order valence-corrected chi connectivity index (χ1v) is 11.1. The number of thioether (sulfide) groups is 1. The van der Waals surface area contributed by atoms with Gasteiger partial charge in [0.05, 0.1) is 17.1 Å². The number of carboxylic acids is 1. The van der Waals surface area contributed by atoms with Crippen molar-refractivity contribution >= 4 is 45.5 Å². The normalized spacial score (nSPS) is 25.0. The van der Waals surface area contributed by atoms with Gasteiger partial charge in [-0.25, -0.2) is 0 Å². The molecule has 2 aliphatic heterocycles. The third-order valence-electron chi connectivity index (χ3n) is 5.91. The predicted octanol–water partition coefficient (Wildman–Crippen LogP) is -1.31. The SMILES string of the molecule is CC1=C(C(=O)[O-])N2C(=O)C(NC(=O)C3(c4cccc(Br)c4)CCCC3)C2SC1.[Na+]. The van der Waals surface area contributed by atoms with Gasteiger partial charge >= 0.3 is 29.6 Å². The quantitative estimate of drug-likeness (QED) is 0.421. The first-order valence-electron chi connectivity index (χ1n) is 9.28. The van der Waals surface area contributed by atoms with Crippen molar-refractivity contribution < 1.29 is 49.0 Å². The fourth-order valence-corrected chi connectivity index (χ4v) is 6.15. The van der Waals surface area contributed by atoms with Gasteiger partial charge in [0.25, 0.3) is 5.91 Å². The number of hydrogen-bond acceptors (Lipinski definition) is 5. The van der Waals surface area contributed by atoms with E-state index in [2.05, 4.69) is 21.2 Å². The molecule has 3 aliphatic rings. The van der Waals surface area contributed by atoms with E-state index in [1.165, 1.54) is 16.7 Å². The molecule has 0 radical (unpaired) electrons. The number of aliphatic carboxylic acids is 1. The minimum atomic E-state index is -1.35. The number of fused-ring (bicyclic) bond motifs is 1. The van der Waals surface area contributed by atoms with Gasteiger partial charge in [0.2, 0.25) is 5.91 Å². The Morgan fingerprint density at radius 2 is 2.00 bits per heavy atom. The average Bonchev–Trinajstić information content (AvgIpc) is 3.16. The fraction of sp³-hybridized carbons (Fsp3) is 0.450. The van der Waals surface area contributed by atoms with E-state index in [0.717, 1.165) is 35.7 Å². The molecule has 2 atom stereocenters. The third kappa shape index (κ3) is 3.82. The number of benzene rings is 1. The molecule has 4 rings (SSSR count). The van der Waals surface area contributed by atoms with Crippen molar-refractivity contribution in [3.63, 3.8) is 0 Å². The molecular formula is C20H20BrN2NaO4S. The van der Waals surface area contributed by atoms with Crippen molar-refractivity contribution in [3.05, 3.63) is 45.6 Å². The molecule has 2 unspecified atom stereocenters. The largest absolute Gasteiger partial charge is 1.00 e. The Balaban J connectivity index is 0.00000240. The van der Waals surface area contributed by atoms with Crippen LogP contribution in [0.4, 0.5) is 0 Å². The molecule has 1 saturated carbocycles. The maximum Gasteiger partial charge on any atom is 1.00 e. The topological polar surface area (TPSA) is 89.5 Å². The van der Waals surface area contributed by atoms with Crippen LogP contribution < -0.4 is 40.0 Å². The molecule has 9 heteroatoms. The molecule has 29 heavy (non-hydrogen) atoms. The summed E-state index contributed by atoms with van der Waals surface area (Å²) >= 11 is 4.95. The molecule has 2 fully saturated rings. The minimum absolute atomic E-state index is 0. The van der Waals surface area contributed by atoms with Gasteiger partial charge in [-0.2, -0.15) is 0 Å². The Morgan fingerprint density at radius 3 is 2.62 bits per heavy atom. The smallest absolute Gasteiger partial charge is 0.543 e. The van der Waals surface area contributed by atoms with E-state index in [4.69, 9.17) is 0 Å². The molecule has 2 amide bonds. The van der Waals surface area contributed by atoms with Crippen LogP contribution in [-0.2, 0) is 19.8 Å². The van der Waals surface area contributed by atoms with Crippen LogP contribution in [0.3, 0.4) is 0 Å². The summed E-state index contributed by atoms with van der Waals surface area (Å²) in [5.74, 6) is -1.38. The van der Waals surface area contributed by atoms with E-state index in [-0.39, 0.29) is 47.1 Å². The number of carbonyl (C=O) groups is 3. The number of nitrogens with one attached hydrogen (secondary N) is 1. The third-order valence-corrected chi connectivity index (χ3v) is 7.83. The number of β-lactam (4-membered cyclic amide) rings is 1. The predicted molar refractivity (Wildman–Crippen MR) is 107 cm³/mol. The second-order valence-corrected chi connectivity index (χ2v) is 9.60. The van der Waals surface area contributed by atoms with Gasteiger partial charge in [0.15, 0.2) is 0 Å². The molecule has 148 valence electrons. The zero-order valence-corrected chi connectivity index (χ0v) is 20.8. The maximum absolute atomic E-state index is 13.3. The standard InChI is InChI=1S/C20H21BrN2O4S.Na/c1-11-10-28-17-14(16(24)23(17)15(11)18(25)26)22-19(27)20(7-2-3-8-20)12-5-4-6-13(21)9-12;/h4-6,9,14,17H,2-3,7-8,10H2,1H3,(H,22,27)(H,25,26);/q;+1/p-1. The first-order chi connectivity index (χ1) is 13.3. The number of nitrogens with zero attached hydrogens (tertiary/aromatic N) is 1. The number of carbonyl (C=O) groups excluding carboxylic acids is 3. The molecular weight excluding hydrogens is 467 g/mol. The zero-order valence-electron chi connectivity index (χ0n) is 16.4. The number of hydrogen-bond donors (Lipinski definition) is 1. The minimum Gasteiger partial charge on any atom is -0.543 e. The average molecular weight is 487 g/mol. The summed E-state index contributed by atoms with van der Waals surface area (Å²) in [5, 5.41) is 14.0. The van der Waals surface area contributed by atoms with Gasteiger partial charge in [0.1, 0.15) is 11.4 Å². The van der Waals surface area contributed by atoms with Crippen LogP contribution >= 0.6 is 27.7 Å². The molecule has 0 spiro atoms. The second kappa shape index (κ2) is 8.75. The number of rotatable bonds is 4. The molecule has 1 aliphatic carbocycles. The van der Waals surface area contributed by atoms with Crippen molar-refractivity contribution in [2.45, 2.75) is 49.4 Å². The Bertz CT molecular complexity index is 900. The summed E-state index contributed by atoms with van der Waals surface area (Å²) in [4.78, 5) is 38.7. The molecule has 0 aromatic heterocycles. The van der Waals surface area contributed by atoms with E-state index in [1.807, 2.05) is 24.3 Å². The number of amides is 2. The molecule has 1 saturated heterocycles. The summed E-state index contributed by atoms with van der Waals surface area (Å²) in [6.07, 6.45) is 3.39. The molecule has 2 heterocycles. The van der Waals surface area contributed by atoms with Gasteiger partial charge < -0.3 is 15.2 Å². The summed E-state index contributed by atoms with van der Waals surface area (Å²) in [6.45, 7) is 1.69. The van der Waals surface area contributed by atoms with E-state index >= 15 is 0 Å². The Morgan fingerprint density at radius 1 is 1.31 bits per heavy atom.